The second kappa shape index (κ2) is 8.32. The molecule has 1 saturated heterocycles. The molecule has 0 bridgehead atoms. The number of benzene rings is 2. The summed E-state index contributed by atoms with van der Waals surface area (Å²) >= 11 is 0. The summed E-state index contributed by atoms with van der Waals surface area (Å²) < 4.78 is 10.8. The molecule has 0 aromatic heterocycles. The number of carbonyl (C=O) groups excluding carboxylic acids is 1. The van der Waals surface area contributed by atoms with E-state index in [1.165, 1.54) is 18.2 Å². The lowest BCUT2D eigenvalue weighted by molar-refractivity contribution is -0.385. The van der Waals surface area contributed by atoms with Crippen molar-refractivity contribution in [2.24, 2.45) is 0 Å². The fourth-order valence-corrected chi connectivity index (χ4v) is 3.49. The SMILES string of the molecule is O=C(C=Cc1ccccc1[N+](=O)[O-])N1CCN(Cc2ccc3c(c2)OCO3)CC1. The summed E-state index contributed by atoms with van der Waals surface area (Å²) in [6.45, 7) is 3.80. The minimum absolute atomic E-state index is 0.00917. The number of amides is 1. The van der Waals surface area contributed by atoms with Crippen LogP contribution in [0.1, 0.15) is 11.1 Å². The van der Waals surface area contributed by atoms with Crippen LogP contribution in [0.4, 0.5) is 5.69 Å². The van der Waals surface area contributed by atoms with Crippen molar-refractivity contribution in [3.05, 3.63) is 69.8 Å². The number of ether oxygens (including phenoxy) is 2. The third kappa shape index (κ3) is 4.38. The molecule has 1 fully saturated rings. The van der Waals surface area contributed by atoms with Crippen molar-refractivity contribution in [1.82, 2.24) is 9.80 Å². The van der Waals surface area contributed by atoms with E-state index in [2.05, 4.69) is 4.90 Å². The first-order chi connectivity index (χ1) is 14.1. The molecule has 1 amide bonds. The zero-order valence-corrected chi connectivity index (χ0v) is 15.8. The molecule has 2 aliphatic rings. The van der Waals surface area contributed by atoms with Gasteiger partial charge in [-0.15, -0.1) is 0 Å². The van der Waals surface area contributed by atoms with Gasteiger partial charge in [-0.25, -0.2) is 0 Å². The standard InChI is InChI=1S/C21H21N3O5/c25-21(8-6-17-3-1-2-4-18(17)24(26)27)23-11-9-22(10-12-23)14-16-5-7-19-20(13-16)29-15-28-19/h1-8,13H,9-12,14-15H2. The molecule has 2 aromatic rings. The second-order valence-corrected chi connectivity index (χ2v) is 6.94. The molecule has 0 spiro atoms. The Balaban J connectivity index is 1.31. The maximum absolute atomic E-state index is 12.5. The first-order valence-corrected chi connectivity index (χ1v) is 9.41. The smallest absolute Gasteiger partial charge is 0.276 e. The predicted octanol–water partition coefficient (Wildman–Crippen LogP) is 2.68. The van der Waals surface area contributed by atoms with Gasteiger partial charge in [-0.3, -0.25) is 19.8 Å². The number of rotatable bonds is 5. The molecule has 0 aliphatic carbocycles. The van der Waals surface area contributed by atoms with Gasteiger partial charge in [-0.05, 0) is 29.8 Å². The van der Waals surface area contributed by atoms with Crippen LogP contribution in [0.2, 0.25) is 0 Å². The molecule has 0 saturated carbocycles. The Hall–Kier alpha value is -3.39. The highest BCUT2D eigenvalue weighted by Gasteiger charge is 2.21. The lowest BCUT2D eigenvalue weighted by Crippen LogP contribution is -2.47. The molecule has 150 valence electrons. The first-order valence-electron chi connectivity index (χ1n) is 9.41. The molecule has 4 rings (SSSR count). The molecule has 0 unspecified atom stereocenters. The summed E-state index contributed by atoms with van der Waals surface area (Å²) in [5, 5.41) is 11.1. The van der Waals surface area contributed by atoms with Gasteiger partial charge >= 0.3 is 0 Å². The molecule has 2 heterocycles. The molecule has 0 N–H and O–H groups in total. The fourth-order valence-electron chi connectivity index (χ4n) is 3.49. The molecule has 2 aromatic carbocycles. The molecular weight excluding hydrogens is 374 g/mol. The fraction of sp³-hybridized carbons (Fsp3) is 0.286. The van der Waals surface area contributed by atoms with Crippen LogP contribution in [-0.4, -0.2) is 53.6 Å². The highest BCUT2D eigenvalue weighted by molar-refractivity contribution is 5.92. The number of piperazine rings is 1. The van der Waals surface area contributed by atoms with E-state index in [0.29, 0.717) is 18.7 Å². The Morgan fingerprint density at radius 1 is 1.07 bits per heavy atom. The topological polar surface area (TPSA) is 85.2 Å². The van der Waals surface area contributed by atoms with Gasteiger partial charge in [0.1, 0.15) is 0 Å². The predicted molar refractivity (Wildman–Crippen MR) is 107 cm³/mol. The Morgan fingerprint density at radius 2 is 1.83 bits per heavy atom. The third-order valence-corrected chi connectivity index (χ3v) is 5.07. The quantitative estimate of drug-likeness (QED) is 0.440. The summed E-state index contributed by atoms with van der Waals surface area (Å²) in [5.74, 6) is 1.41. The number of hydrogen-bond donors (Lipinski definition) is 0. The number of hydrogen-bond acceptors (Lipinski definition) is 6. The van der Waals surface area contributed by atoms with Crippen LogP contribution in [0.25, 0.3) is 6.08 Å². The van der Waals surface area contributed by atoms with Crippen LogP contribution in [0.5, 0.6) is 11.5 Å². The van der Waals surface area contributed by atoms with Gasteiger partial charge in [-0.2, -0.15) is 0 Å². The molecule has 0 atom stereocenters. The number of carbonyl (C=O) groups is 1. The largest absolute Gasteiger partial charge is 0.454 e. The number of fused-ring (bicyclic) bond motifs is 1. The van der Waals surface area contributed by atoms with E-state index in [4.69, 9.17) is 9.47 Å². The number of para-hydroxylation sites is 1. The highest BCUT2D eigenvalue weighted by Crippen LogP contribution is 2.32. The zero-order valence-electron chi connectivity index (χ0n) is 15.8. The van der Waals surface area contributed by atoms with Crippen molar-refractivity contribution < 1.29 is 19.2 Å². The van der Waals surface area contributed by atoms with Crippen molar-refractivity contribution in [1.29, 1.82) is 0 Å². The summed E-state index contributed by atoms with van der Waals surface area (Å²) in [5.41, 5.74) is 1.56. The number of nitro benzene ring substituents is 1. The van der Waals surface area contributed by atoms with Crippen molar-refractivity contribution in [3.8, 4) is 11.5 Å². The number of nitro groups is 1. The highest BCUT2D eigenvalue weighted by atomic mass is 16.7. The molecule has 2 aliphatic heterocycles. The molecule has 8 nitrogen and oxygen atoms in total. The molecule has 0 radical (unpaired) electrons. The first kappa shape index (κ1) is 18.9. The molecule has 29 heavy (non-hydrogen) atoms. The van der Waals surface area contributed by atoms with E-state index >= 15 is 0 Å². The van der Waals surface area contributed by atoms with E-state index in [1.807, 2.05) is 18.2 Å². The van der Waals surface area contributed by atoms with Crippen LogP contribution in [0.15, 0.2) is 48.5 Å². The third-order valence-electron chi connectivity index (χ3n) is 5.07. The van der Waals surface area contributed by atoms with Crippen molar-refractivity contribution >= 4 is 17.7 Å². The van der Waals surface area contributed by atoms with E-state index in [-0.39, 0.29) is 18.4 Å². The minimum atomic E-state index is -0.445. The minimum Gasteiger partial charge on any atom is -0.454 e. The van der Waals surface area contributed by atoms with Crippen molar-refractivity contribution in [3.63, 3.8) is 0 Å². The van der Waals surface area contributed by atoms with Gasteiger partial charge < -0.3 is 14.4 Å². The summed E-state index contributed by atoms with van der Waals surface area (Å²) in [6, 6.07) is 12.3. The van der Waals surface area contributed by atoms with Gasteiger partial charge in [0, 0.05) is 44.9 Å². The van der Waals surface area contributed by atoms with Crippen LogP contribution >= 0.6 is 0 Å². The van der Waals surface area contributed by atoms with Crippen LogP contribution in [0, 0.1) is 10.1 Å². The maximum Gasteiger partial charge on any atom is 0.276 e. The lowest BCUT2D eigenvalue weighted by atomic mass is 10.1. The average Bonchev–Trinajstić information content (AvgIpc) is 3.20. The van der Waals surface area contributed by atoms with Gasteiger partial charge in [0.05, 0.1) is 10.5 Å². The maximum atomic E-state index is 12.5. The average molecular weight is 395 g/mol. The van der Waals surface area contributed by atoms with Crippen LogP contribution in [-0.2, 0) is 11.3 Å². The summed E-state index contributed by atoms with van der Waals surface area (Å²) in [6.07, 6.45) is 2.93. The lowest BCUT2D eigenvalue weighted by Gasteiger charge is -2.34. The Labute approximate surface area is 168 Å². The van der Waals surface area contributed by atoms with Gasteiger partial charge in [0.15, 0.2) is 11.5 Å². The number of nitrogens with zero attached hydrogens (tertiary/aromatic N) is 3. The van der Waals surface area contributed by atoms with Crippen molar-refractivity contribution in [2.75, 3.05) is 33.0 Å². The van der Waals surface area contributed by atoms with E-state index in [0.717, 1.165) is 36.7 Å². The molecular formula is C21H21N3O5. The monoisotopic (exact) mass is 395 g/mol. The van der Waals surface area contributed by atoms with E-state index < -0.39 is 4.92 Å². The Morgan fingerprint density at radius 3 is 2.62 bits per heavy atom. The van der Waals surface area contributed by atoms with Gasteiger partial charge in [0.25, 0.3) is 5.69 Å². The van der Waals surface area contributed by atoms with E-state index in [1.54, 1.807) is 23.1 Å². The molecule has 8 heteroatoms. The van der Waals surface area contributed by atoms with Gasteiger partial charge in [0.2, 0.25) is 12.7 Å². The Kier molecular flexibility index (Phi) is 5.44. The van der Waals surface area contributed by atoms with Crippen LogP contribution in [0.3, 0.4) is 0 Å². The van der Waals surface area contributed by atoms with Crippen molar-refractivity contribution in [2.45, 2.75) is 6.54 Å². The van der Waals surface area contributed by atoms with Gasteiger partial charge in [-0.1, -0.05) is 18.2 Å². The second-order valence-electron chi connectivity index (χ2n) is 6.94. The van der Waals surface area contributed by atoms with Crippen LogP contribution < -0.4 is 9.47 Å². The zero-order chi connectivity index (χ0) is 20.2. The summed E-state index contributed by atoms with van der Waals surface area (Å²) in [4.78, 5) is 27.1. The summed E-state index contributed by atoms with van der Waals surface area (Å²) in [7, 11) is 0. The normalized spacial score (nSPS) is 16.3. The van der Waals surface area contributed by atoms with E-state index in [9.17, 15) is 14.9 Å². The Bertz CT molecular complexity index is 951.